The molecule has 2 fully saturated rings. The molecule has 3 rings (SSSR count). The van der Waals surface area contributed by atoms with E-state index >= 15 is 0 Å². The molecule has 0 aromatic carbocycles. The van der Waals surface area contributed by atoms with Crippen LogP contribution < -0.4 is 5.32 Å². The first kappa shape index (κ1) is 14.0. The van der Waals surface area contributed by atoms with Gasteiger partial charge in [0, 0.05) is 36.4 Å². The summed E-state index contributed by atoms with van der Waals surface area (Å²) in [5, 5.41) is 3.08. The first-order valence-corrected chi connectivity index (χ1v) is 7.51. The van der Waals surface area contributed by atoms with E-state index < -0.39 is 0 Å². The van der Waals surface area contributed by atoms with Gasteiger partial charge in [0.15, 0.2) is 0 Å². The summed E-state index contributed by atoms with van der Waals surface area (Å²) in [6.07, 6.45) is 4.40. The van der Waals surface area contributed by atoms with Gasteiger partial charge in [-0.25, -0.2) is 0 Å². The molecule has 112 valence electrons. The van der Waals surface area contributed by atoms with Crippen molar-refractivity contribution in [3.8, 4) is 0 Å². The molecule has 1 saturated heterocycles. The Bertz CT molecular complexity index is 563. The molecule has 1 N–H and O–H groups in total. The van der Waals surface area contributed by atoms with Crippen LogP contribution >= 0.6 is 0 Å². The average Bonchev–Trinajstić information content (AvgIpc) is 3.06. The molecule has 2 amide bonds. The van der Waals surface area contributed by atoms with Crippen molar-refractivity contribution >= 4 is 11.8 Å². The van der Waals surface area contributed by atoms with Gasteiger partial charge < -0.3 is 10.2 Å². The molecule has 2 aliphatic rings. The summed E-state index contributed by atoms with van der Waals surface area (Å²) < 4.78 is 0. The van der Waals surface area contributed by atoms with Crippen LogP contribution in [-0.4, -0.2) is 40.8 Å². The van der Waals surface area contributed by atoms with E-state index in [1.807, 2.05) is 26.0 Å². The van der Waals surface area contributed by atoms with Crippen LogP contribution in [0, 0.1) is 12.3 Å². The highest BCUT2D eigenvalue weighted by Gasteiger charge is 2.45. The van der Waals surface area contributed by atoms with Gasteiger partial charge in [-0.2, -0.15) is 0 Å². The summed E-state index contributed by atoms with van der Waals surface area (Å²) in [5.74, 6) is 0.135. The maximum atomic E-state index is 12.4. The zero-order chi connectivity index (χ0) is 15.0. The Kier molecular flexibility index (Phi) is 3.43. The molecule has 1 atom stereocenters. The smallest absolute Gasteiger partial charge is 0.255 e. The summed E-state index contributed by atoms with van der Waals surface area (Å²) in [6.45, 7) is 5.18. The van der Waals surface area contributed by atoms with Gasteiger partial charge in [0.2, 0.25) is 5.91 Å². The number of hydrogen-bond donors (Lipinski definition) is 1. The van der Waals surface area contributed by atoms with Crippen LogP contribution in [-0.2, 0) is 4.79 Å². The van der Waals surface area contributed by atoms with Crippen LogP contribution in [0.1, 0.15) is 42.2 Å². The molecule has 1 aliphatic carbocycles. The fourth-order valence-corrected chi connectivity index (χ4v) is 2.61. The van der Waals surface area contributed by atoms with E-state index in [1.165, 1.54) is 0 Å². The molecule has 5 heteroatoms. The number of aryl methyl sites for hydroxylation is 1. The van der Waals surface area contributed by atoms with E-state index in [-0.39, 0.29) is 23.3 Å². The van der Waals surface area contributed by atoms with Gasteiger partial charge in [-0.05, 0) is 38.3 Å². The summed E-state index contributed by atoms with van der Waals surface area (Å²) in [5.41, 5.74) is 1.36. The van der Waals surface area contributed by atoms with E-state index in [2.05, 4.69) is 10.3 Å². The highest BCUT2D eigenvalue weighted by atomic mass is 16.2. The zero-order valence-electron chi connectivity index (χ0n) is 12.6. The fourth-order valence-electron chi connectivity index (χ4n) is 2.61. The number of nitrogens with one attached hydrogen (secondary N) is 1. The van der Waals surface area contributed by atoms with E-state index in [0.29, 0.717) is 18.7 Å². The predicted octanol–water partition coefficient (Wildman–Crippen LogP) is 1.52. The molecule has 1 saturated carbocycles. The van der Waals surface area contributed by atoms with Gasteiger partial charge >= 0.3 is 0 Å². The zero-order valence-corrected chi connectivity index (χ0v) is 12.6. The van der Waals surface area contributed by atoms with Gasteiger partial charge in [-0.3, -0.25) is 14.6 Å². The summed E-state index contributed by atoms with van der Waals surface area (Å²) in [7, 11) is 0. The molecular weight excluding hydrogens is 266 g/mol. The van der Waals surface area contributed by atoms with Gasteiger partial charge in [0.05, 0.1) is 5.56 Å². The molecule has 21 heavy (non-hydrogen) atoms. The Hall–Kier alpha value is -1.91. The third-order valence-corrected chi connectivity index (χ3v) is 4.52. The van der Waals surface area contributed by atoms with Crippen LogP contribution in [0.25, 0.3) is 0 Å². The number of nitrogens with zero attached hydrogens (tertiary/aromatic N) is 2. The lowest BCUT2D eigenvalue weighted by molar-refractivity contribution is -0.126. The maximum Gasteiger partial charge on any atom is 0.255 e. The minimum Gasteiger partial charge on any atom is -0.351 e. The Morgan fingerprint density at radius 2 is 2.14 bits per heavy atom. The first-order chi connectivity index (χ1) is 9.98. The highest BCUT2D eigenvalue weighted by molar-refractivity contribution is 5.94. The van der Waals surface area contributed by atoms with Crippen LogP contribution in [0.5, 0.6) is 0 Å². The number of carbonyl (C=O) groups is 2. The van der Waals surface area contributed by atoms with Gasteiger partial charge in [0.1, 0.15) is 0 Å². The number of carbonyl (C=O) groups excluding carboxylic acids is 2. The lowest BCUT2D eigenvalue weighted by Gasteiger charge is -2.18. The van der Waals surface area contributed by atoms with Crippen molar-refractivity contribution in [2.75, 3.05) is 13.1 Å². The standard InChI is InChI=1S/C16H21N3O2/c1-11-3-4-12(9-17-11)14(20)19-8-5-13(10-19)18-15(21)16(2)6-7-16/h3-4,9,13H,5-8,10H2,1-2H3,(H,18,21)/t13-/m1/s1. The number of pyridine rings is 1. The van der Waals surface area contributed by atoms with Crippen LogP contribution in [0.2, 0.25) is 0 Å². The normalized spacial score (nSPS) is 23.0. The van der Waals surface area contributed by atoms with Crippen molar-refractivity contribution < 1.29 is 9.59 Å². The third kappa shape index (κ3) is 2.91. The first-order valence-electron chi connectivity index (χ1n) is 7.51. The summed E-state index contributed by atoms with van der Waals surface area (Å²) in [4.78, 5) is 30.4. The quantitative estimate of drug-likeness (QED) is 0.917. The molecule has 2 heterocycles. The second-order valence-corrected chi connectivity index (χ2v) is 6.46. The summed E-state index contributed by atoms with van der Waals surface area (Å²) >= 11 is 0. The van der Waals surface area contributed by atoms with Crippen LogP contribution in [0.4, 0.5) is 0 Å². The van der Waals surface area contributed by atoms with Gasteiger partial charge in [-0.1, -0.05) is 6.92 Å². The van der Waals surface area contributed by atoms with E-state index in [1.54, 1.807) is 11.1 Å². The number of aromatic nitrogens is 1. The number of likely N-dealkylation sites (tertiary alicyclic amines) is 1. The number of amides is 2. The Morgan fingerprint density at radius 1 is 1.38 bits per heavy atom. The predicted molar refractivity (Wildman–Crippen MR) is 78.8 cm³/mol. The minimum atomic E-state index is -0.154. The summed E-state index contributed by atoms with van der Waals surface area (Å²) in [6, 6.07) is 3.73. The Morgan fingerprint density at radius 3 is 2.76 bits per heavy atom. The van der Waals surface area contributed by atoms with E-state index in [9.17, 15) is 9.59 Å². The van der Waals surface area contributed by atoms with Crippen molar-refractivity contribution in [1.29, 1.82) is 0 Å². The van der Waals surface area contributed by atoms with Gasteiger partial charge in [0.25, 0.3) is 5.91 Å². The molecule has 1 aromatic heterocycles. The molecule has 1 aliphatic heterocycles. The van der Waals surface area contributed by atoms with Crippen molar-refractivity contribution in [3.63, 3.8) is 0 Å². The largest absolute Gasteiger partial charge is 0.351 e. The molecule has 0 radical (unpaired) electrons. The second-order valence-electron chi connectivity index (χ2n) is 6.46. The van der Waals surface area contributed by atoms with Crippen molar-refractivity contribution in [3.05, 3.63) is 29.6 Å². The molecular formula is C16H21N3O2. The molecule has 0 bridgehead atoms. The number of rotatable bonds is 3. The van der Waals surface area contributed by atoms with Gasteiger partial charge in [-0.15, -0.1) is 0 Å². The molecule has 1 aromatic rings. The molecule has 5 nitrogen and oxygen atoms in total. The van der Waals surface area contributed by atoms with E-state index in [0.717, 1.165) is 25.0 Å². The van der Waals surface area contributed by atoms with E-state index in [4.69, 9.17) is 0 Å². The SMILES string of the molecule is Cc1ccc(C(=O)N2CC[C@@H](NC(=O)C3(C)CC3)C2)cn1. The Balaban J connectivity index is 1.57. The van der Waals surface area contributed by atoms with Crippen molar-refractivity contribution in [2.45, 2.75) is 39.2 Å². The van der Waals surface area contributed by atoms with Crippen LogP contribution in [0.15, 0.2) is 18.3 Å². The monoisotopic (exact) mass is 287 g/mol. The maximum absolute atomic E-state index is 12.4. The average molecular weight is 287 g/mol. The second kappa shape index (κ2) is 5.13. The number of hydrogen-bond acceptors (Lipinski definition) is 3. The minimum absolute atomic E-state index is 0.00289. The van der Waals surface area contributed by atoms with Crippen LogP contribution in [0.3, 0.4) is 0 Å². The molecule has 0 unspecified atom stereocenters. The fraction of sp³-hybridized carbons (Fsp3) is 0.562. The third-order valence-electron chi connectivity index (χ3n) is 4.52. The van der Waals surface area contributed by atoms with Crippen molar-refractivity contribution in [1.82, 2.24) is 15.2 Å². The Labute approximate surface area is 124 Å². The lowest BCUT2D eigenvalue weighted by Crippen LogP contribution is -2.41. The topological polar surface area (TPSA) is 62.3 Å². The van der Waals surface area contributed by atoms with Crippen molar-refractivity contribution in [2.24, 2.45) is 5.41 Å². The molecule has 0 spiro atoms. The lowest BCUT2D eigenvalue weighted by atomic mass is 10.1. The highest BCUT2D eigenvalue weighted by Crippen LogP contribution is 2.45.